The van der Waals surface area contributed by atoms with E-state index >= 15 is 0 Å². The predicted octanol–water partition coefficient (Wildman–Crippen LogP) is 3.66. The number of anilines is 1. The molecule has 0 spiro atoms. The topological polar surface area (TPSA) is 77.8 Å². The third-order valence-electron chi connectivity index (χ3n) is 2.69. The van der Waals surface area contributed by atoms with Gasteiger partial charge in [0.05, 0.1) is 10.8 Å². The molecule has 3 aromatic rings. The molecule has 2 N–H and O–H groups in total. The molecule has 0 fully saturated rings. The van der Waals surface area contributed by atoms with Gasteiger partial charge in [-0.1, -0.05) is 28.9 Å². The number of aromatic nitrogens is 3. The second-order valence-corrected chi connectivity index (χ2v) is 5.63. The van der Waals surface area contributed by atoms with Crippen LogP contribution < -0.4 is 5.73 Å². The molecule has 3 rings (SSSR count). The number of halogens is 1. The Labute approximate surface area is 130 Å². The lowest BCUT2D eigenvalue weighted by molar-refractivity contribution is 0.425. The van der Waals surface area contributed by atoms with Crippen LogP contribution in [-0.4, -0.2) is 15.1 Å². The Hall–Kier alpha value is -2.05. The van der Waals surface area contributed by atoms with Crippen LogP contribution in [0.1, 0.15) is 5.82 Å². The van der Waals surface area contributed by atoms with Crippen LogP contribution in [0.25, 0.3) is 11.5 Å². The molecule has 0 aliphatic carbocycles. The first-order valence-electron chi connectivity index (χ1n) is 6.14. The summed E-state index contributed by atoms with van der Waals surface area (Å²) < 4.78 is 5.23. The molecule has 0 saturated carbocycles. The lowest BCUT2D eigenvalue weighted by atomic mass is 10.2. The molecule has 5 nitrogen and oxygen atoms in total. The van der Waals surface area contributed by atoms with Gasteiger partial charge in [0.1, 0.15) is 5.82 Å². The van der Waals surface area contributed by atoms with Crippen molar-refractivity contribution in [3.05, 3.63) is 53.4 Å². The van der Waals surface area contributed by atoms with Gasteiger partial charge in [-0.25, -0.2) is 4.98 Å². The van der Waals surface area contributed by atoms with E-state index in [0.29, 0.717) is 28.3 Å². The maximum Gasteiger partial charge on any atom is 0.258 e. The first kappa shape index (κ1) is 13.9. The zero-order chi connectivity index (χ0) is 14.7. The normalized spacial score (nSPS) is 10.7. The number of nitrogen functional groups attached to an aromatic ring is 1. The van der Waals surface area contributed by atoms with E-state index in [0.717, 1.165) is 10.5 Å². The van der Waals surface area contributed by atoms with Gasteiger partial charge in [-0.15, -0.1) is 11.8 Å². The van der Waals surface area contributed by atoms with Crippen LogP contribution in [0.2, 0.25) is 5.02 Å². The zero-order valence-corrected chi connectivity index (χ0v) is 12.4. The maximum atomic E-state index is 6.10. The van der Waals surface area contributed by atoms with Crippen molar-refractivity contribution in [2.75, 3.05) is 5.73 Å². The lowest BCUT2D eigenvalue weighted by Crippen LogP contribution is -1.89. The molecule has 0 bridgehead atoms. The molecule has 21 heavy (non-hydrogen) atoms. The molecule has 0 radical (unpaired) electrons. The SMILES string of the molecule is Nc1cc(-c2nc(CSc3ccccc3Cl)no2)ccn1. The molecule has 0 amide bonds. The summed E-state index contributed by atoms with van der Waals surface area (Å²) in [5.41, 5.74) is 6.39. The number of benzene rings is 1. The lowest BCUT2D eigenvalue weighted by Gasteiger charge is -2.00. The Kier molecular flexibility index (Phi) is 4.08. The monoisotopic (exact) mass is 318 g/mol. The molecule has 0 unspecified atom stereocenters. The number of hydrogen-bond donors (Lipinski definition) is 1. The molecule has 1 aromatic carbocycles. The number of nitrogens with zero attached hydrogens (tertiary/aromatic N) is 3. The van der Waals surface area contributed by atoms with E-state index in [1.807, 2.05) is 24.3 Å². The molecular weight excluding hydrogens is 308 g/mol. The quantitative estimate of drug-likeness (QED) is 0.740. The Morgan fingerprint density at radius 1 is 1.24 bits per heavy atom. The van der Waals surface area contributed by atoms with Crippen molar-refractivity contribution >= 4 is 29.2 Å². The molecule has 0 aliphatic heterocycles. The molecule has 0 aliphatic rings. The van der Waals surface area contributed by atoms with E-state index < -0.39 is 0 Å². The average Bonchev–Trinajstić information content (AvgIpc) is 2.95. The summed E-state index contributed by atoms with van der Waals surface area (Å²) in [6.45, 7) is 0. The predicted molar refractivity (Wildman–Crippen MR) is 83.0 cm³/mol. The van der Waals surface area contributed by atoms with Gasteiger partial charge in [0.15, 0.2) is 5.82 Å². The van der Waals surface area contributed by atoms with Crippen molar-refractivity contribution in [3.63, 3.8) is 0 Å². The standard InChI is InChI=1S/C14H11ClN4OS/c15-10-3-1-2-4-11(10)21-8-13-18-14(20-19-13)9-5-6-17-12(16)7-9/h1-7H,8H2,(H2,16,17). The van der Waals surface area contributed by atoms with E-state index in [9.17, 15) is 0 Å². The third kappa shape index (κ3) is 3.34. The summed E-state index contributed by atoms with van der Waals surface area (Å²) in [5, 5.41) is 4.67. The van der Waals surface area contributed by atoms with E-state index in [-0.39, 0.29) is 0 Å². The maximum absolute atomic E-state index is 6.10. The molecule has 0 atom stereocenters. The Morgan fingerprint density at radius 3 is 2.90 bits per heavy atom. The van der Waals surface area contributed by atoms with Gasteiger partial charge in [0.25, 0.3) is 5.89 Å². The van der Waals surface area contributed by atoms with Crippen LogP contribution in [0.15, 0.2) is 52.0 Å². The van der Waals surface area contributed by atoms with Crippen LogP contribution in [0, 0.1) is 0 Å². The minimum Gasteiger partial charge on any atom is -0.384 e. The van der Waals surface area contributed by atoms with E-state index in [1.54, 1.807) is 30.1 Å². The van der Waals surface area contributed by atoms with E-state index in [2.05, 4.69) is 15.1 Å². The van der Waals surface area contributed by atoms with Crippen molar-refractivity contribution in [2.45, 2.75) is 10.6 Å². The number of hydrogen-bond acceptors (Lipinski definition) is 6. The Bertz CT molecular complexity index is 762. The minimum atomic E-state index is 0.415. The highest BCUT2D eigenvalue weighted by Gasteiger charge is 2.10. The van der Waals surface area contributed by atoms with E-state index in [1.165, 1.54) is 0 Å². The summed E-state index contributed by atoms with van der Waals surface area (Å²) in [6.07, 6.45) is 1.60. The smallest absolute Gasteiger partial charge is 0.258 e. The van der Waals surface area contributed by atoms with Gasteiger partial charge < -0.3 is 10.3 Å². The largest absolute Gasteiger partial charge is 0.384 e. The molecule has 0 saturated heterocycles. The van der Waals surface area contributed by atoms with Crippen molar-refractivity contribution < 1.29 is 4.52 Å². The highest BCUT2D eigenvalue weighted by atomic mass is 35.5. The fraction of sp³-hybridized carbons (Fsp3) is 0.0714. The van der Waals surface area contributed by atoms with Crippen LogP contribution in [0.3, 0.4) is 0 Å². The van der Waals surface area contributed by atoms with Gasteiger partial charge in [-0.3, -0.25) is 0 Å². The summed E-state index contributed by atoms with van der Waals surface area (Å²) in [6, 6.07) is 11.1. The third-order valence-corrected chi connectivity index (χ3v) is 4.20. The molecule has 7 heteroatoms. The van der Waals surface area contributed by atoms with Crippen molar-refractivity contribution in [1.29, 1.82) is 0 Å². The highest BCUT2D eigenvalue weighted by Crippen LogP contribution is 2.29. The van der Waals surface area contributed by atoms with Crippen molar-refractivity contribution in [2.24, 2.45) is 0 Å². The molecule has 2 heterocycles. The highest BCUT2D eigenvalue weighted by molar-refractivity contribution is 7.98. The number of pyridine rings is 1. The number of thioether (sulfide) groups is 1. The first-order chi connectivity index (χ1) is 10.2. The molecule has 2 aromatic heterocycles. The van der Waals surface area contributed by atoms with Gasteiger partial charge in [0.2, 0.25) is 0 Å². The summed E-state index contributed by atoms with van der Waals surface area (Å²) in [7, 11) is 0. The first-order valence-corrected chi connectivity index (χ1v) is 7.50. The van der Waals surface area contributed by atoms with Crippen molar-refractivity contribution in [1.82, 2.24) is 15.1 Å². The summed E-state index contributed by atoms with van der Waals surface area (Å²) in [4.78, 5) is 9.25. The fourth-order valence-corrected chi connectivity index (χ4v) is 2.80. The van der Waals surface area contributed by atoms with Gasteiger partial charge in [-0.05, 0) is 24.3 Å². The van der Waals surface area contributed by atoms with Gasteiger partial charge >= 0.3 is 0 Å². The summed E-state index contributed by atoms with van der Waals surface area (Å²) in [5.74, 6) is 2.02. The number of nitrogens with two attached hydrogens (primary N) is 1. The summed E-state index contributed by atoms with van der Waals surface area (Å²) >= 11 is 7.66. The van der Waals surface area contributed by atoms with Gasteiger partial charge in [-0.2, -0.15) is 4.98 Å². The minimum absolute atomic E-state index is 0.415. The Balaban J connectivity index is 1.72. The Morgan fingerprint density at radius 2 is 2.10 bits per heavy atom. The van der Waals surface area contributed by atoms with Crippen LogP contribution >= 0.6 is 23.4 Å². The van der Waals surface area contributed by atoms with Crippen molar-refractivity contribution in [3.8, 4) is 11.5 Å². The van der Waals surface area contributed by atoms with Crippen LogP contribution in [-0.2, 0) is 5.75 Å². The average molecular weight is 319 g/mol. The van der Waals surface area contributed by atoms with E-state index in [4.69, 9.17) is 21.9 Å². The fourth-order valence-electron chi connectivity index (χ4n) is 1.72. The number of rotatable bonds is 4. The van der Waals surface area contributed by atoms with Gasteiger partial charge in [0, 0.05) is 16.7 Å². The zero-order valence-electron chi connectivity index (χ0n) is 10.9. The van der Waals surface area contributed by atoms with Crippen LogP contribution in [0.5, 0.6) is 0 Å². The van der Waals surface area contributed by atoms with Crippen LogP contribution in [0.4, 0.5) is 5.82 Å². The second-order valence-electron chi connectivity index (χ2n) is 4.20. The molecule has 106 valence electrons. The molecular formula is C14H11ClN4OS. The second kappa shape index (κ2) is 6.15.